The Labute approximate surface area is 117 Å². The van der Waals surface area contributed by atoms with Gasteiger partial charge in [0.1, 0.15) is 17.1 Å². The topological polar surface area (TPSA) is 62.5 Å². The Hall–Kier alpha value is -1.66. The molecule has 0 radical (unpaired) electrons. The van der Waals surface area contributed by atoms with E-state index in [-0.39, 0.29) is 24.5 Å². The van der Waals surface area contributed by atoms with Crippen molar-refractivity contribution in [3.63, 3.8) is 0 Å². The van der Waals surface area contributed by atoms with Crippen LogP contribution in [0.3, 0.4) is 0 Å². The summed E-state index contributed by atoms with van der Waals surface area (Å²) in [6, 6.07) is 6.05. The lowest BCUT2D eigenvalue weighted by Crippen LogP contribution is -2.15. The summed E-state index contributed by atoms with van der Waals surface area (Å²) >= 11 is 3.27. The highest BCUT2D eigenvalue weighted by Gasteiger charge is 2.12. The fourth-order valence-electron chi connectivity index (χ4n) is 1.66. The predicted octanol–water partition coefficient (Wildman–Crippen LogP) is 3.17. The zero-order valence-corrected chi connectivity index (χ0v) is 11.4. The first kappa shape index (κ1) is 13.8. The number of benzene rings is 1. The predicted molar refractivity (Wildman–Crippen MR) is 70.3 cm³/mol. The van der Waals surface area contributed by atoms with Crippen molar-refractivity contribution in [3.8, 4) is 0 Å². The number of rotatable bonds is 5. The third-order valence-electron chi connectivity index (χ3n) is 2.58. The first-order valence-corrected chi connectivity index (χ1v) is 6.31. The van der Waals surface area contributed by atoms with Crippen LogP contribution in [0.5, 0.6) is 0 Å². The monoisotopic (exact) mass is 327 g/mol. The van der Waals surface area contributed by atoms with Gasteiger partial charge in [0.15, 0.2) is 0 Å². The van der Waals surface area contributed by atoms with Gasteiger partial charge in [-0.1, -0.05) is 15.9 Å². The third kappa shape index (κ3) is 3.42. The van der Waals surface area contributed by atoms with E-state index in [0.717, 1.165) is 4.47 Å². The van der Waals surface area contributed by atoms with Crippen molar-refractivity contribution in [2.24, 2.45) is 0 Å². The van der Waals surface area contributed by atoms with Crippen molar-refractivity contribution >= 4 is 21.9 Å². The first-order valence-electron chi connectivity index (χ1n) is 5.52. The second-order valence-corrected chi connectivity index (χ2v) is 4.82. The third-order valence-corrected chi connectivity index (χ3v) is 3.08. The van der Waals surface area contributed by atoms with Crippen LogP contribution in [0.15, 0.2) is 39.4 Å². The van der Waals surface area contributed by atoms with E-state index in [1.807, 2.05) is 0 Å². The summed E-state index contributed by atoms with van der Waals surface area (Å²) in [7, 11) is 0. The smallest absolute Gasteiger partial charge is 0.339 e. The first-order chi connectivity index (χ1) is 9.08. The number of carboxylic acid groups (broad SMARTS) is 1. The molecule has 0 aliphatic rings. The van der Waals surface area contributed by atoms with E-state index < -0.39 is 5.97 Å². The Morgan fingerprint density at radius 2 is 2.16 bits per heavy atom. The van der Waals surface area contributed by atoms with E-state index in [4.69, 9.17) is 9.52 Å². The summed E-state index contributed by atoms with van der Waals surface area (Å²) < 4.78 is 19.3. The van der Waals surface area contributed by atoms with E-state index in [9.17, 15) is 9.18 Å². The Morgan fingerprint density at radius 1 is 1.37 bits per heavy atom. The van der Waals surface area contributed by atoms with Gasteiger partial charge in [0, 0.05) is 16.6 Å². The minimum Gasteiger partial charge on any atom is -0.478 e. The zero-order chi connectivity index (χ0) is 13.8. The molecule has 0 unspecified atom stereocenters. The molecule has 1 aromatic heterocycles. The molecule has 1 aromatic carbocycles. The van der Waals surface area contributed by atoms with E-state index in [0.29, 0.717) is 11.3 Å². The van der Waals surface area contributed by atoms with Gasteiger partial charge < -0.3 is 14.8 Å². The number of nitrogens with one attached hydrogen (secondary N) is 1. The van der Waals surface area contributed by atoms with E-state index in [1.54, 1.807) is 12.1 Å². The molecule has 0 fully saturated rings. The van der Waals surface area contributed by atoms with Crippen molar-refractivity contribution in [3.05, 3.63) is 57.7 Å². The molecule has 0 aliphatic heterocycles. The van der Waals surface area contributed by atoms with Gasteiger partial charge in [0.05, 0.1) is 12.8 Å². The Morgan fingerprint density at radius 3 is 2.89 bits per heavy atom. The highest BCUT2D eigenvalue weighted by molar-refractivity contribution is 9.10. The molecule has 0 saturated carbocycles. The van der Waals surface area contributed by atoms with Crippen LogP contribution < -0.4 is 5.32 Å². The normalized spacial score (nSPS) is 10.6. The van der Waals surface area contributed by atoms with Gasteiger partial charge in [-0.15, -0.1) is 0 Å². The highest BCUT2D eigenvalue weighted by Crippen LogP contribution is 2.16. The van der Waals surface area contributed by atoms with Crippen molar-refractivity contribution in [2.75, 3.05) is 0 Å². The second kappa shape index (κ2) is 5.99. The summed E-state index contributed by atoms with van der Waals surface area (Å²) in [6.07, 6.45) is 1.32. The number of hydrogen-bond donors (Lipinski definition) is 2. The number of halogens is 2. The molecule has 1 heterocycles. The maximum absolute atomic E-state index is 13.5. The van der Waals surface area contributed by atoms with Crippen LogP contribution in [0, 0.1) is 5.82 Å². The molecule has 0 bridgehead atoms. The maximum Gasteiger partial charge on any atom is 0.339 e. The quantitative estimate of drug-likeness (QED) is 0.885. The molecule has 0 spiro atoms. The molecule has 6 heteroatoms. The van der Waals surface area contributed by atoms with Crippen LogP contribution in [0.2, 0.25) is 0 Å². The van der Waals surface area contributed by atoms with Crippen LogP contribution in [0.1, 0.15) is 21.7 Å². The van der Waals surface area contributed by atoms with Crippen LogP contribution in [0.4, 0.5) is 4.39 Å². The van der Waals surface area contributed by atoms with E-state index in [1.165, 1.54) is 18.4 Å². The number of hydrogen-bond acceptors (Lipinski definition) is 3. The van der Waals surface area contributed by atoms with Gasteiger partial charge >= 0.3 is 5.97 Å². The highest BCUT2D eigenvalue weighted by atomic mass is 79.9. The zero-order valence-electron chi connectivity index (χ0n) is 9.82. The van der Waals surface area contributed by atoms with Crippen molar-refractivity contribution < 1.29 is 18.7 Å². The molecule has 2 aromatic rings. The Balaban J connectivity index is 1.98. The molecule has 100 valence electrons. The van der Waals surface area contributed by atoms with Crippen molar-refractivity contribution in [1.29, 1.82) is 0 Å². The fraction of sp³-hybridized carbons (Fsp3) is 0.154. The van der Waals surface area contributed by atoms with Crippen molar-refractivity contribution in [2.45, 2.75) is 13.1 Å². The lowest BCUT2D eigenvalue weighted by Gasteiger charge is -2.06. The van der Waals surface area contributed by atoms with Crippen LogP contribution >= 0.6 is 15.9 Å². The average molecular weight is 328 g/mol. The molecule has 0 atom stereocenters. The lowest BCUT2D eigenvalue weighted by atomic mass is 10.2. The average Bonchev–Trinajstić information content (AvgIpc) is 2.82. The molecule has 2 rings (SSSR count). The SMILES string of the molecule is O=C(O)c1ccoc1CNCc1cc(Br)ccc1F. The molecule has 4 nitrogen and oxygen atoms in total. The number of carboxylic acids is 1. The fourth-order valence-corrected chi connectivity index (χ4v) is 2.07. The summed E-state index contributed by atoms with van der Waals surface area (Å²) in [4.78, 5) is 10.9. The van der Waals surface area contributed by atoms with Gasteiger partial charge in [-0.25, -0.2) is 9.18 Å². The summed E-state index contributed by atoms with van der Waals surface area (Å²) in [5.74, 6) is -1.03. The summed E-state index contributed by atoms with van der Waals surface area (Å²) in [5.41, 5.74) is 0.611. The van der Waals surface area contributed by atoms with Crippen LogP contribution in [-0.4, -0.2) is 11.1 Å². The van der Waals surface area contributed by atoms with E-state index in [2.05, 4.69) is 21.2 Å². The lowest BCUT2D eigenvalue weighted by molar-refractivity contribution is 0.0694. The molecule has 0 saturated heterocycles. The van der Waals surface area contributed by atoms with Gasteiger partial charge in [-0.3, -0.25) is 0 Å². The molecule has 0 amide bonds. The second-order valence-electron chi connectivity index (χ2n) is 3.90. The molecule has 19 heavy (non-hydrogen) atoms. The number of aromatic carboxylic acids is 1. The van der Waals surface area contributed by atoms with Crippen molar-refractivity contribution in [1.82, 2.24) is 5.32 Å². The van der Waals surface area contributed by atoms with Gasteiger partial charge in [0.2, 0.25) is 0 Å². The van der Waals surface area contributed by atoms with Gasteiger partial charge in [0.25, 0.3) is 0 Å². The minimum atomic E-state index is -1.04. The Bertz CT molecular complexity index is 597. The summed E-state index contributed by atoms with van der Waals surface area (Å²) in [5, 5.41) is 11.8. The standard InChI is InChI=1S/C13H11BrFNO3/c14-9-1-2-11(15)8(5-9)6-16-7-12-10(13(17)18)3-4-19-12/h1-5,16H,6-7H2,(H,17,18). The maximum atomic E-state index is 13.5. The van der Waals surface area contributed by atoms with Crippen LogP contribution in [-0.2, 0) is 13.1 Å². The molecular weight excluding hydrogens is 317 g/mol. The van der Waals surface area contributed by atoms with Gasteiger partial charge in [-0.2, -0.15) is 0 Å². The molecular formula is C13H11BrFNO3. The Kier molecular flexibility index (Phi) is 4.34. The van der Waals surface area contributed by atoms with Crippen LogP contribution in [0.25, 0.3) is 0 Å². The minimum absolute atomic E-state index is 0.113. The van der Waals surface area contributed by atoms with E-state index >= 15 is 0 Å². The molecule has 2 N–H and O–H groups in total. The van der Waals surface area contributed by atoms with Gasteiger partial charge in [-0.05, 0) is 24.3 Å². The number of furan rings is 1. The largest absolute Gasteiger partial charge is 0.478 e. The molecule has 0 aliphatic carbocycles. The summed E-state index contributed by atoms with van der Waals surface area (Å²) in [6.45, 7) is 0.506. The number of carbonyl (C=O) groups is 1.